The minimum Gasteiger partial charge on any atom is -0.342 e. The first-order valence-electron chi connectivity index (χ1n) is 9.16. The van der Waals surface area contributed by atoms with Crippen LogP contribution in [0.1, 0.15) is 43.5 Å². The van der Waals surface area contributed by atoms with E-state index in [9.17, 15) is 14.4 Å². The molecule has 2 aliphatic heterocycles. The van der Waals surface area contributed by atoms with Crippen molar-refractivity contribution in [3.05, 3.63) is 27.9 Å². The van der Waals surface area contributed by atoms with Gasteiger partial charge in [0, 0.05) is 43.9 Å². The van der Waals surface area contributed by atoms with Gasteiger partial charge in [-0.25, -0.2) is 4.98 Å². The van der Waals surface area contributed by atoms with Crippen molar-refractivity contribution < 1.29 is 9.59 Å². The second kappa shape index (κ2) is 7.80. The third-order valence-corrected chi connectivity index (χ3v) is 5.21. The Hall–Kier alpha value is -2.18. The zero-order chi connectivity index (χ0) is 17.8. The third-order valence-electron chi connectivity index (χ3n) is 5.21. The molecule has 0 aromatic carbocycles. The van der Waals surface area contributed by atoms with E-state index in [1.54, 1.807) is 11.8 Å². The summed E-state index contributed by atoms with van der Waals surface area (Å²) in [6.45, 7) is 4.63. The van der Waals surface area contributed by atoms with Crippen LogP contribution in [0.4, 0.5) is 0 Å². The van der Waals surface area contributed by atoms with E-state index in [1.807, 2.05) is 4.90 Å². The zero-order valence-electron chi connectivity index (χ0n) is 14.8. The summed E-state index contributed by atoms with van der Waals surface area (Å²) < 4.78 is 0. The SMILES string of the molecule is Cc1ncc(CC(=O)N2CCC(C(=O)N3CCCCC3)CC2)c(=O)[nH]1. The lowest BCUT2D eigenvalue weighted by molar-refractivity contribution is -0.141. The van der Waals surface area contributed by atoms with Gasteiger partial charge < -0.3 is 14.8 Å². The number of rotatable bonds is 3. The summed E-state index contributed by atoms with van der Waals surface area (Å²) in [5, 5.41) is 0. The molecule has 0 radical (unpaired) electrons. The molecule has 2 amide bonds. The lowest BCUT2D eigenvalue weighted by Gasteiger charge is -2.35. The van der Waals surface area contributed by atoms with Gasteiger partial charge in [0.2, 0.25) is 11.8 Å². The van der Waals surface area contributed by atoms with E-state index >= 15 is 0 Å². The maximum Gasteiger partial charge on any atom is 0.254 e. The number of likely N-dealkylation sites (tertiary alicyclic amines) is 2. The maximum atomic E-state index is 12.6. The number of carbonyl (C=O) groups is 2. The number of carbonyl (C=O) groups excluding carboxylic acids is 2. The Morgan fingerprint density at radius 2 is 1.80 bits per heavy atom. The van der Waals surface area contributed by atoms with Crippen molar-refractivity contribution in [2.24, 2.45) is 5.92 Å². The predicted molar refractivity (Wildman–Crippen MR) is 93.0 cm³/mol. The van der Waals surface area contributed by atoms with Gasteiger partial charge in [0.25, 0.3) is 5.56 Å². The quantitative estimate of drug-likeness (QED) is 0.880. The molecule has 0 spiro atoms. The normalized spacial score (nSPS) is 19.1. The summed E-state index contributed by atoms with van der Waals surface area (Å²) in [6.07, 6.45) is 6.37. The van der Waals surface area contributed by atoms with Crippen molar-refractivity contribution in [3.8, 4) is 0 Å². The molecular formula is C18H26N4O3. The fourth-order valence-corrected chi connectivity index (χ4v) is 3.66. The van der Waals surface area contributed by atoms with Crippen molar-refractivity contribution in [2.75, 3.05) is 26.2 Å². The van der Waals surface area contributed by atoms with Crippen LogP contribution in [0.3, 0.4) is 0 Å². The van der Waals surface area contributed by atoms with Gasteiger partial charge in [0.1, 0.15) is 5.82 Å². The van der Waals surface area contributed by atoms with Gasteiger partial charge in [0.05, 0.1) is 6.42 Å². The Bertz CT molecular complexity index is 686. The molecule has 25 heavy (non-hydrogen) atoms. The van der Waals surface area contributed by atoms with E-state index in [-0.39, 0.29) is 29.7 Å². The second-order valence-electron chi connectivity index (χ2n) is 7.04. The third kappa shape index (κ3) is 4.27. The number of aryl methyl sites for hydroxylation is 1. The molecule has 7 heteroatoms. The van der Waals surface area contributed by atoms with Gasteiger partial charge in [-0.1, -0.05) is 0 Å². The standard InChI is InChI=1S/C18H26N4O3/c1-13-19-12-15(17(24)20-13)11-16(23)21-9-5-14(6-10-21)18(25)22-7-3-2-4-8-22/h12,14H,2-11H2,1H3,(H,19,20,24). The van der Waals surface area contributed by atoms with Crippen LogP contribution in [0, 0.1) is 12.8 Å². The average molecular weight is 346 g/mol. The number of nitrogens with zero attached hydrogens (tertiary/aromatic N) is 3. The Morgan fingerprint density at radius 3 is 2.44 bits per heavy atom. The van der Waals surface area contributed by atoms with E-state index in [1.165, 1.54) is 12.6 Å². The summed E-state index contributed by atoms with van der Waals surface area (Å²) in [6, 6.07) is 0. The Labute approximate surface area is 147 Å². The minimum atomic E-state index is -0.254. The van der Waals surface area contributed by atoms with Crippen molar-refractivity contribution in [1.29, 1.82) is 0 Å². The molecule has 0 saturated carbocycles. The van der Waals surface area contributed by atoms with Gasteiger partial charge in [-0.15, -0.1) is 0 Å². The first-order valence-corrected chi connectivity index (χ1v) is 9.16. The molecule has 2 aliphatic rings. The van der Waals surface area contributed by atoms with Crippen molar-refractivity contribution in [1.82, 2.24) is 19.8 Å². The monoisotopic (exact) mass is 346 g/mol. The van der Waals surface area contributed by atoms with Crippen LogP contribution in [0.2, 0.25) is 0 Å². The first-order chi connectivity index (χ1) is 12.0. The Morgan fingerprint density at radius 1 is 1.12 bits per heavy atom. The molecule has 7 nitrogen and oxygen atoms in total. The molecule has 1 aromatic heterocycles. The zero-order valence-corrected chi connectivity index (χ0v) is 14.8. The molecule has 0 unspecified atom stereocenters. The predicted octanol–water partition coefficient (Wildman–Crippen LogP) is 0.872. The fraction of sp³-hybridized carbons (Fsp3) is 0.667. The highest BCUT2D eigenvalue weighted by molar-refractivity contribution is 5.81. The number of H-pyrrole nitrogens is 1. The molecular weight excluding hydrogens is 320 g/mol. The highest BCUT2D eigenvalue weighted by atomic mass is 16.2. The Kier molecular flexibility index (Phi) is 5.50. The van der Waals surface area contributed by atoms with Crippen LogP contribution < -0.4 is 5.56 Å². The van der Waals surface area contributed by atoms with Crippen LogP contribution >= 0.6 is 0 Å². The van der Waals surface area contributed by atoms with Crippen LogP contribution in [0.5, 0.6) is 0 Å². The maximum absolute atomic E-state index is 12.6. The lowest BCUT2D eigenvalue weighted by Crippen LogP contribution is -2.46. The average Bonchev–Trinajstić information content (AvgIpc) is 2.64. The molecule has 1 N–H and O–H groups in total. The smallest absolute Gasteiger partial charge is 0.254 e. The summed E-state index contributed by atoms with van der Waals surface area (Å²) in [4.78, 5) is 47.3. The molecule has 0 atom stereocenters. The largest absolute Gasteiger partial charge is 0.342 e. The van der Waals surface area contributed by atoms with E-state index in [0.29, 0.717) is 37.3 Å². The van der Waals surface area contributed by atoms with Gasteiger partial charge in [-0.3, -0.25) is 14.4 Å². The van der Waals surface area contributed by atoms with Gasteiger partial charge >= 0.3 is 0 Å². The summed E-state index contributed by atoms with van der Waals surface area (Å²) in [5.74, 6) is 0.760. The second-order valence-corrected chi connectivity index (χ2v) is 7.04. The van der Waals surface area contributed by atoms with Gasteiger partial charge in [0.15, 0.2) is 0 Å². The van der Waals surface area contributed by atoms with E-state index in [2.05, 4.69) is 9.97 Å². The topological polar surface area (TPSA) is 86.4 Å². The van der Waals surface area contributed by atoms with E-state index in [0.717, 1.165) is 25.9 Å². The molecule has 0 aliphatic carbocycles. The van der Waals surface area contributed by atoms with Crippen LogP contribution in [-0.4, -0.2) is 57.8 Å². The van der Waals surface area contributed by atoms with Crippen LogP contribution in [-0.2, 0) is 16.0 Å². The van der Waals surface area contributed by atoms with Crippen LogP contribution in [0.15, 0.2) is 11.0 Å². The molecule has 0 bridgehead atoms. The van der Waals surface area contributed by atoms with Gasteiger partial charge in [-0.05, 0) is 39.0 Å². The van der Waals surface area contributed by atoms with Crippen molar-refractivity contribution in [2.45, 2.75) is 45.4 Å². The lowest BCUT2D eigenvalue weighted by atomic mass is 9.94. The first kappa shape index (κ1) is 17.6. The van der Waals surface area contributed by atoms with Crippen molar-refractivity contribution in [3.63, 3.8) is 0 Å². The number of aromatic amines is 1. The van der Waals surface area contributed by atoms with Crippen LogP contribution in [0.25, 0.3) is 0 Å². The number of hydrogen-bond acceptors (Lipinski definition) is 4. The molecule has 1 aromatic rings. The molecule has 2 fully saturated rings. The van der Waals surface area contributed by atoms with E-state index in [4.69, 9.17) is 0 Å². The van der Waals surface area contributed by atoms with Crippen molar-refractivity contribution >= 4 is 11.8 Å². The molecule has 2 saturated heterocycles. The molecule has 136 valence electrons. The fourth-order valence-electron chi connectivity index (χ4n) is 3.66. The summed E-state index contributed by atoms with van der Waals surface area (Å²) in [5.41, 5.74) is 0.137. The number of hydrogen-bond donors (Lipinski definition) is 1. The summed E-state index contributed by atoms with van der Waals surface area (Å²) in [7, 11) is 0. The Balaban J connectivity index is 1.52. The highest BCUT2D eigenvalue weighted by Crippen LogP contribution is 2.22. The number of piperidine rings is 2. The number of amides is 2. The number of aromatic nitrogens is 2. The van der Waals surface area contributed by atoms with E-state index < -0.39 is 0 Å². The minimum absolute atomic E-state index is 0.0339. The molecule has 3 rings (SSSR count). The number of nitrogens with one attached hydrogen (secondary N) is 1. The highest BCUT2D eigenvalue weighted by Gasteiger charge is 2.30. The summed E-state index contributed by atoms with van der Waals surface area (Å²) >= 11 is 0. The molecule has 3 heterocycles. The van der Waals surface area contributed by atoms with Gasteiger partial charge in [-0.2, -0.15) is 0 Å².